The van der Waals surface area contributed by atoms with Gasteiger partial charge in [0.1, 0.15) is 22.8 Å². The van der Waals surface area contributed by atoms with E-state index in [1.54, 1.807) is 13.0 Å². The first-order valence-corrected chi connectivity index (χ1v) is 7.72. The summed E-state index contributed by atoms with van der Waals surface area (Å²) in [5, 5.41) is 19.6. The van der Waals surface area contributed by atoms with Crippen LogP contribution in [0.2, 0.25) is 0 Å². The SMILES string of the molecule is CCOC(=O)Cc1cc(O)ccc1-c1cc(=O)c2ccc(O)cc2o1. The highest BCUT2D eigenvalue weighted by atomic mass is 16.5. The highest BCUT2D eigenvalue weighted by molar-refractivity contribution is 5.82. The van der Waals surface area contributed by atoms with Crippen molar-refractivity contribution in [1.29, 1.82) is 0 Å². The van der Waals surface area contributed by atoms with Gasteiger partial charge in [-0.1, -0.05) is 0 Å². The monoisotopic (exact) mass is 340 g/mol. The minimum Gasteiger partial charge on any atom is -0.508 e. The molecule has 6 heteroatoms. The van der Waals surface area contributed by atoms with Crippen molar-refractivity contribution in [2.75, 3.05) is 6.61 Å². The van der Waals surface area contributed by atoms with E-state index >= 15 is 0 Å². The zero-order valence-electron chi connectivity index (χ0n) is 13.5. The largest absolute Gasteiger partial charge is 0.508 e. The van der Waals surface area contributed by atoms with Gasteiger partial charge in [0.05, 0.1) is 18.4 Å². The number of aromatic hydroxyl groups is 2. The highest BCUT2D eigenvalue weighted by Gasteiger charge is 2.15. The second kappa shape index (κ2) is 6.68. The molecule has 128 valence electrons. The number of hydrogen-bond acceptors (Lipinski definition) is 6. The quantitative estimate of drug-likeness (QED) is 0.709. The first-order chi connectivity index (χ1) is 12.0. The van der Waals surface area contributed by atoms with Gasteiger partial charge in [0.2, 0.25) is 0 Å². The number of carbonyl (C=O) groups is 1. The first kappa shape index (κ1) is 16.6. The zero-order valence-corrected chi connectivity index (χ0v) is 13.5. The number of carbonyl (C=O) groups excluding carboxylic acids is 1. The molecule has 1 aromatic heterocycles. The number of phenols is 2. The normalized spacial score (nSPS) is 10.8. The first-order valence-electron chi connectivity index (χ1n) is 7.72. The second-order valence-corrected chi connectivity index (χ2v) is 5.48. The van der Waals surface area contributed by atoms with E-state index < -0.39 is 5.97 Å². The molecule has 0 fully saturated rings. The lowest BCUT2D eigenvalue weighted by atomic mass is 10.0. The summed E-state index contributed by atoms with van der Waals surface area (Å²) in [5.74, 6) is -0.244. The van der Waals surface area contributed by atoms with E-state index in [9.17, 15) is 19.8 Å². The van der Waals surface area contributed by atoms with Crippen molar-refractivity contribution in [2.24, 2.45) is 0 Å². The van der Waals surface area contributed by atoms with Gasteiger partial charge in [-0.25, -0.2) is 0 Å². The Kier molecular flexibility index (Phi) is 4.43. The number of rotatable bonds is 4. The van der Waals surface area contributed by atoms with Crippen molar-refractivity contribution in [1.82, 2.24) is 0 Å². The van der Waals surface area contributed by atoms with Crippen LogP contribution in [0.25, 0.3) is 22.3 Å². The third-order valence-electron chi connectivity index (χ3n) is 3.71. The van der Waals surface area contributed by atoms with Crippen LogP contribution < -0.4 is 5.43 Å². The van der Waals surface area contributed by atoms with Crippen LogP contribution in [0, 0.1) is 0 Å². The molecule has 6 nitrogen and oxygen atoms in total. The number of fused-ring (bicyclic) bond motifs is 1. The van der Waals surface area contributed by atoms with Gasteiger partial charge in [-0.05, 0) is 42.8 Å². The lowest BCUT2D eigenvalue weighted by Gasteiger charge is -2.10. The van der Waals surface area contributed by atoms with Gasteiger partial charge in [-0.15, -0.1) is 0 Å². The molecule has 2 N–H and O–H groups in total. The zero-order chi connectivity index (χ0) is 18.0. The molecule has 0 aliphatic heterocycles. The average molecular weight is 340 g/mol. The number of phenolic OH excluding ortho intramolecular Hbond substituents is 2. The molecule has 0 aliphatic rings. The molecule has 25 heavy (non-hydrogen) atoms. The molecule has 0 saturated carbocycles. The van der Waals surface area contributed by atoms with Gasteiger partial charge in [0.15, 0.2) is 5.43 Å². The predicted molar refractivity (Wildman–Crippen MR) is 91.6 cm³/mol. The molecule has 1 heterocycles. The molecule has 0 bridgehead atoms. The summed E-state index contributed by atoms with van der Waals surface area (Å²) in [7, 11) is 0. The summed E-state index contributed by atoms with van der Waals surface area (Å²) < 4.78 is 10.7. The summed E-state index contributed by atoms with van der Waals surface area (Å²) in [6.07, 6.45) is -0.0701. The Morgan fingerprint density at radius 1 is 1.08 bits per heavy atom. The number of benzene rings is 2. The maximum Gasteiger partial charge on any atom is 0.310 e. The van der Waals surface area contributed by atoms with Crippen LogP contribution >= 0.6 is 0 Å². The van der Waals surface area contributed by atoms with Crippen LogP contribution in [0.15, 0.2) is 51.7 Å². The minimum atomic E-state index is -0.449. The molecule has 2 aromatic carbocycles. The van der Waals surface area contributed by atoms with Crippen LogP contribution in [-0.2, 0) is 16.0 Å². The van der Waals surface area contributed by atoms with Crippen molar-refractivity contribution in [3.8, 4) is 22.8 Å². The lowest BCUT2D eigenvalue weighted by molar-refractivity contribution is -0.142. The Labute approximate surface area is 142 Å². The van der Waals surface area contributed by atoms with E-state index in [0.29, 0.717) is 16.5 Å². The van der Waals surface area contributed by atoms with E-state index in [1.165, 1.54) is 36.4 Å². The number of ether oxygens (including phenoxy) is 1. The molecule has 3 rings (SSSR count). The Balaban J connectivity index is 2.14. The van der Waals surface area contributed by atoms with Crippen molar-refractivity contribution < 1.29 is 24.2 Å². The van der Waals surface area contributed by atoms with Crippen molar-refractivity contribution >= 4 is 16.9 Å². The molecule has 0 unspecified atom stereocenters. The maximum absolute atomic E-state index is 12.3. The van der Waals surface area contributed by atoms with E-state index in [-0.39, 0.29) is 41.3 Å². The second-order valence-electron chi connectivity index (χ2n) is 5.48. The van der Waals surface area contributed by atoms with Crippen LogP contribution in [0.3, 0.4) is 0 Å². The summed E-state index contributed by atoms with van der Waals surface area (Å²) in [4.78, 5) is 24.1. The van der Waals surface area contributed by atoms with Gasteiger partial charge in [0.25, 0.3) is 0 Å². The molecule has 0 radical (unpaired) electrons. The summed E-state index contributed by atoms with van der Waals surface area (Å²) in [6.45, 7) is 1.95. The Hall–Kier alpha value is -3.28. The lowest BCUT2D eigenvalue weighted by Crippen LogP contribution is -2.09. The molecule has 0 atom stereocenters. The molecule has 0 amide bonds. The van der Waals surface area contributed by atoms with Gasteiger partial charge < -0.3 is 19.4 Å². The van der Waals surface area contributed by atoms with Gasteiger partial charge in [0, 0.05) is 17.7 Å². The Bertz CT molecular complexity index is 1000. The van der Waals surface area contributed by atoms with Crippen LogP contribution in [0.5, 0.6) is 11.5 Å². The average Bonchev–Trinajstić information content (AvgIpc) is 2.54. The van der Waals surface area contributed by atoms with E-state index in [2.05, 4.69) is 0 Å². The van der Waals surface area contributed by atoms with Gasteiger partial charge in [-0.3, -0.25) is 9.59 Å². The molecule has 0 saturated heterocycles. The van der Waals surface area contributed by atoms with Crippen LogP contribution in [0.1, 0.15) is 12.5 Å². The highest BCUT2D eigenvalue weighted by Crippen LogP contribution is 2.29. The Morgan fingerprint density at radius 2 is 1.80 bits per heavy atom. The summed E-state index contributed by atoms with van der Waals surface area (Å²) in [5.41, 5.74) is 0.929. The third-order valence-corrected chi connectivity index (χ3v) is 3.71. The van der Waals surface area contributed by atoms with Gasteiger partial charge in [-0.2, -0.15) is 0 Å². The van der Waals surface area contributed by atoms with Gasteiger partial charge >= 0.3 is 5.97 Å². The third kappa shape index (κ3) is 3.47. The number of esters is 1. The smallest absolute Gasteiger partial charge is 0.310 e. The molecule has 0 spiro atoms. The summed E-state index contributed by atoms with van der Waals surface area (Å²) >= 11 is 0. The van der Waals surface area contributed by atoms with Crippen molar-refractivity contribution in [2.45, 2.75) is 13.3 Å². The Morgan fingerprint density at radius 3 is 2.56 bits per heavy atom. The van der Waals surface area contributed by atoms with E-state index in [1.807, 2.05) is 0 Å². The van der Waals surface area contributed by atoms with E-state index in [0.717, 1.165) is 0 Å². The standard InChI is InChI=1S/C19H16O6/c1-2-24-19(23)8-11-7-12(20)3-5-14(11)18-10-16(22)15-6-4-13(21)9-17(15)25-18/h3-7,9-10,20-21H,2,8H2,1H3. The summed E-state index contributed by atoms with van der Waals surface area (Å²) in [6, 6.07) is 10.0. The minimum absolute atomic E-state index is 0.0103. The molecule has 0 aliphatic carbocycles. The fourth-order valence-corrected chi connectivity index (χ4v) is 2.61. The molecular formula is C19H16O6. The predicted octanol–water partition coefficient (Wildman–Crippen LogP) is 2.98. The topological polar surface area (TPSA) is 97.0 Å². The number of hydrogen-bond donors (Lipinski definition) is 2. The van der Waals surface area contributed by atoms with Crippen LogP contribution in [0.4, 0.5) is 0 Å². The maximum atomic E-state index is 12.3. The van der Waals surface area contributed by atoms with Crippen molar-refractivity contribution in [3.63, 3.8) is 0 Å². The van der Waals surface area contributed by atoms with Crippen LogP contribution in [-0.4, -0.2) is 22.8 Å². The van der Waals surface area contributed by atoms with E-state index in [4.69, 9.17) is 9.15 Å². The fraction of sp³-hybridized carbons (Fsp3) is 0.158. The molecule has 3 aromatic rings. The van der Waals surface area contributed by atoms with Crippen molar-refractivity contribution in [3.05, 3.63) is 58.3 Å². The fourth-order valence-electron chi connectivity index (χ4n) is 2.61. The molecular weight excluding hydrogens is 324 g/mol.